The van der Waals surface area contributed by atoms with E-state index in [1.807, 2.05) is 48.5 Å². The van der Waals surface area contributed by atoms with Gasteiger partial charge in [-0.3, -0.25) is 4.79 Å². The van der Waals surface area contributed by atoms with Gasteiger partial charge in [0.2, 0.25) is 0 Å². The molecule has 0 aliphatic rings. The number of benzene rings is 4. The summed E-state index contributed by atoms with van der Waals surface area (Å²) in [5.74, 6) is 1.20. The van der Waals surface area contributed by atoms with Crippen LogP contribution in [0.25, 0.3) is 33.2 Å². The van der Waals surface area contributed by atoms with Crippen molar-refractivity contribution in [1.29, 1.82) is 0 Å². The normalized spacial score (nSPS) is 10.9. The van der Waals surface area contributed by atoms with Crippen molar-refractivity contribution in [2.45, 2.75) is 13.3 Å². The van der Waals surface area contributed by atoms with Crippen LogP contribution < -0.4 is 4.74 Å². The molecule has 0 N–H and O–H groups in total. The number of hydrogen-bond acceptors (Lipinski definition) is 3. The van der Waals surface area contributed by atoms with Gasteiger partial charge in [-0.05, 0) is 40.5 Å². The summed E-state index contributed by atoms with van der Waals surface area (Å²) in [4.78, 5) is 11.1. The van der Waals surface area contributed by atoms with Gasteiger partial charge in [-0.1, -0.05) is 84.9 Å². The summed E-state index contributed by atoms with van der Waals surface area (Å²) in [5.41, 5.74) is 6.55. The van der Waals surface area contributed by atoms with Crippen molar-refractivity contribution < 1.29 is 13.9 Å². The average molecular weight is 418 g/mol. The second-order valence-electron chi connectivity index (χ2n) is 7.75. The lowest BCUT2D eigenvalue weighted by molar-refractivity contribution is -0.131. The highest BCUT2D eigenvalue weighted by atomic mass is 16.5. The number of carbonyl (C=O) groups excluding carboxylic acids is 1. The molecule has 0 spiro atoms. The van der Waals surface area contributed by atoms with Gasteiger partial charge in [0.25, 0.3) is 0 Å². The molecule has 32 heavy (non-hydrogen) atoms. The molecular weight excluding hydrogens is 396 g/mol. The first-order valence-corrected chi connectivity index (χ1v) is 10.6. The summed E-state index contributed by atoms with van der Waals surface area (Å²) >= 11 is 0. The third-order valence-corrected chi connectivity index (χ3v) is 5.50. The molecule has 5 rings (SSSR count). The highest BCUT2D eigenvalue weighted by molar-refractivity contribution is 5.96. The van der Waals surface area contributed by atoms with Crippen molar-refractivity contribution in [2.75, 3.05) is 0 Å². The molecule has 0 bridgehead atoms. The molecule has 1 heterocycles. The minimum Gasteiger partial charge on any atom is -0.460 e. The van der Waals surface area contributed by atoms with Gasteiger partial charge in [-0.2, -0.15) is 0 Å². The van der Waals surface area contributed by atoms with Crippen LogP contribution in [0.1, 0.15) is 18.2 Å². The number of furan rings is 1. The summed E-state index contributed by atoms with van der Waals surface area (Å²) in [7, 11) is 0. The Kier molecular flexibility index (Phi) is 5.30. The first-order chi connectivity index (χ1) is 15.7. The van der Waals surface area contributed by atoms with Gasteiger partial charge in [0.1, 0.15) is 17.1 Å². The van der Waals surface area contributed by atoms with E-state index in [0.717, 1.165) is 45.4 Å². The standard InChI is InChI=1S/C29H22O3/c1-20(30)31-25-17-15-23(16-18-25)22-11-13-24(14-12-22)29-26-9-5-6-10-27(26)32-28(29)19-21-7-3-2-4-8-21/h2-18H,19H2,1H3. The molecule has 0 atom stereocenters. The van der Waals surface area contributed by atoms with Gasteiger partial charge in [-0.15, -0.1) is 0 Å². The highest BCUT2D eigenvalue weighted by Gasteiger charge is 2.16. The van der Waals surface area contributed by atoms with Gasteiger partial charge >= 0.3 is 5.97 Å². The number of carbonyl (C=O) groups is 1. The number of fused-ring (bicyclic) bond motifs is 1. The number of rotatable bonds is 5. The van der Waals surface area contributed by atoms with Crippen molar-refractivity contribution in [2.24, 2.45) is 0 Å². The second kappa shape index (κ2) is 8.56. The molecule has 0 saturated heterocycles. The monoisotopic (exact) mass is 418 g/mol. The van der Waals surface area contributed by atoms with E-state index >= 15 is 0 Å². The van der Waals surface area contributed by atoms with Crippen molar-refractivity contribution in [3.63, 3.8) is 0 Å². The molecule has 0 aliphatic heterocycles. The Labute approximate surface area is 186 Å². The van der Waals surface area contributed by atoms with Crippen LogP contribution in [0.3, 0.4) is 0 Å². The summed E-state index contributed by atoms with van der Waals surface area (Å²) < 4.78 is 11.4. The quantitative estimate of drug-likeness (QED) is 0.222. The smallest absolute Gasteiger partial charge is 0.308 e. The maximum absolute atomic E-state index is 11.1. The van der Waals surface area contributed by atoms with Crippen LogP contribution in [0.4, 0.5) is 0 Å². The Morgan fingerprint density at radius 2 is 1.31 bits per heavy atom. The minimum atomic E-state index is -0.319. The van der Waals surface area contributed by atoms with Crippen molar-refractivity contribution in [3.8, 4) is 28.0 Å². The third-order valence-electron chi connectivity index (χ3n) is 5.50. The largest absolute Gasteiger partial charge is 0.460 e. The van der Waals surface area contributed by atoms with E-state index in [1.165, 1.54) is 12.5 Å². The molecule has 3 nitrogen and oxygen atoms in total. The van der Waals surface area contributed by atoms with Crippen LogP contribution in [-0.2, 0) is 11.2 Å². The lowest BCUT2D eigenvalue weighted by atomic mass is 9.96. The zero-order valence-corrected chi connectivity index (χ0v) is 17.7. The molecule has 3 heteroatoms. The molecule has 1 aromatic heterocycles. The Bertz CT molecular complexity index is 1360. The van der Waals surface area contributed by atoms with Gasteiger partial charge in [0, 0.05) is 24.3 Å². The third kappa shape index (κ3) is 4.06. The number of ether oxygens (including phenoxy) is 1. The summed E-state index contributed by atoms with van der Waals surface area (Å²) in [6.07, 6.45) is 0.740. The molecule has 0 amide bonds. The van der Waals surface area contributed by atoms with Crippen molar-refractivity contribution >= 4 is 16.9 Å². The fraction of sp³-hybridized carbons (Fsp3) is 0.0690. The van der Waals surface area contributed by atoms with Crippen LogP contribution >= 0.6 is 0 Å². The molecule has 4 aromatic carbocycles. The zero-order valence-electron chi connectivity index (χ0n) is 17.7. The molecule has 156 valence electrons. The fourth-order valence-electron chi connectivity index (χ4n) is 4.03. The minimum absolute atomic E-state index is 0.319. The van der Waals surface area contributed by atoms with Crippen LogP contribution in [0, 0.1) is 0 Å². The van der Waals surface area contributed by atoms with Crippen molar-refractivity contribution in [3.05, 3.63) is 114 Å². The maximum atomic E-state index is 11.1. The van der Waals surface area contributed by atoms with E-state index in [1.54, 1.807) is 0 Å². The molecule has 0 saturated carbocycles. The van der Waals surface area contributed by atoms with Crippen LogP contribution in [-0.4, -0.2) is 5.97 Å². The lowest BCUT2D eigenvalue weighted by Gasteiger charge is -2.08. The lowest BCUT2D eigenvalue weighted by Crippen LogP contribution is -2.00. The van der Waals surface area contributed by atoms with Crippen LogP contribution in [0.15, 0.2) is 108 Å². The Balaban J connectivity index is 1.50. The summed E-state index contributed by atoms with van der Waals surface area (Å²) in [6.45, 7) is 1.40. The maximum Gasteiger partial charge on any atom is 0.308 e. The highest BCUT2D eigenvalue weighted by Crippen LogP contribution is 2.37. The molecule has 0 fully saturated rings. The molecule has 0 radical (unpaired) electrons. The fourth-order valence-corrected chi connectivity index (χ4v) is 4.03. The Morgan fingerprint density at radius 1 is 0.719 bits per heavy atom. The van der Waals surface area contributed by atoms with E-state index in [2.05, 4.69) is 54.6 Å². The van der Waals surface area contributed by atoms with Crippen LogP contribution in [0.2, 0.25) is 0 Å². The Hall–Kier alpha value is -4.11. The van der Waals surface area contributed by atoms with E-state index in [9.17, 15) is 4.79 Å². The predicted molar refractivity (Wildman–Crippen MR) is 128 cm³/mol. The Morgan fingerprint density at radius 3 is 2.00 bits per heavy atom. The summed E-state index contributed by atoms with van der Waals surface area (Å²) in [5, 5.41) is 1.12. The number of esters is 1. The van der Waals surface area contributed by atoms with Crippen molar-refractivity contribution in [1.82, 2.24) is 0 Å². The molecule has 5 aromatic rings. The number of para-hydroxylation sites is 1. The molecule has 0 aliphatic carbocycles. The van der Waals surface area contributed by atoms with E-state index < -0.39 is 0 Å². The first kappa shape index (κ1) is 19.8. The van der Waals surface area contributed by atoms with E-state index in [0.29, 0.717) is 5.75 Å². The predicted octanol–water partition coefficient (Wildman–Crippen LogP) is 7.28. The SMILES string of the molecule is CC(=O)Oc1ccc(-c2ccc(-c3c(Cc4ccccc4)oc4ccccc34)cc2)cc1. The molecular formula is C29H22O3. The zero-order chi connectivity index (χ0) is 21.9. The topological polar surface area (TPSA) is 39.4 Å². The van der Waals surface area contributed by atoms with Gasteiger partial charge in [0.15, 0.2) is 0 Å². The van der Waals surface area contributed by atoms with Gasteiger partial charge in [0.05, 0.1) is 0 Å². The van der Waals surface area contributed by atoms with E-state index in [-0.39, 0.29) is 5.97 Å². The van der Waals surface area contributed by atoms with E-state index in [4.69, 9.17) is 9.15 Å². The van der Waals surface area contributed by atoms with Gasteiger partial charge < -0.3 is 9.15 Å². The first-order valence-electron chi connectivity index (χ1n) is 10.6. The van der Waals surface area contributed by atoms with Crippen LogP contribution in [0.5, 0.6) is 5.75 Å². The number of hydrogen-bond donors (Lipinski definition) is 0. The summed E-state index contributed by atoms with van der Waals surface area (Å²) in [6, 6.07) is 34.6. The second-order valence-corrected chi connectivity index (χ2v) is 7.75. The molecule has 0 unspecified atom stereocenters. The average Bonchev–Trinajstić information content (AvgIpc) is 3.18. The van der Waals surface area contributed by atoms with Gasteiger partial charge in [-0.25, -0.2) is 0 Å².